The smallest absolute Gasteiger partial charge is 0.239 e. The molecule has 0 aliphatic heterocycles. The van der Waals surface area contributed by atoms with E-state index in [0.29, 0.717) is 12.1 Å². The van der Waals surface area contributed by atoms with E-state index in [1.165, 1.54) is 0 Å². The van der Waals surface area contributed by atoms with Crippen LogP contribution in [0, 0.1) is 11.3 Å². The van der Waals surface area contributed by atoms with Crippen molar-refractivity contribution in [3.05, 3.63) is 71.3 Å². The van der Waals surface area contributed by atoms with Crippen molar-refractivity contribution in [2.24, 2.45) is 5.73 Å². The maximum Gasteiger partial charge on any atom is 0.239 e. The second kappa shape index (κ2) is 6.50. The number of carbonyl (C=O) groups is 1. The molecule has 0 aliphatic carbocycles. The molecule has 0 aromatic heterocycles. The highest BCUT2D eigenvalue weighted by molar-refractivity contribution is 5.81. The standard InChI is InChI=1S/C16H15N3O/c17-10-12-6-8-14(9-7-12)15(16(18)20)19-11-13-4-2-1-3-5-13/h1-9,15,19H,11H2,(H2,18,20). The molecule has 0 fully saturated rings. The number of nitrogens with one attached hydrogen (secondary N) is 1. The van der Waals surface area contributed by atoms with Crippen molar-refractivity contribution < 1.29 is 4.79 Å². The molecule has 0 spiro atoms. The minimum atomic E-state index is -0.567. The molecular formula is C16H15N3O. The molecule has 2 rings (SSSR count). The minimum absolute atomic E-state index is 0.439. The molecule has 20 heavy (non-hydrogen) atoms. The van der Waals surface area contributed by atoms with Gasteiger partial charge in [0.05, 0.1) is 11.6 Å². The molecule has 4 nitrogen and oxygen atoms in total. The summed E-state index contributed by atoms with van der Waals surface area (Å²) in [5.74, 6) is -0.439. The van der Waals surface area contributed by atoms with Gasteiger partial charge in [-0.3, -0.25) is 10.1 Å². The molecule has 0 saturated carbocycles. The number of hydrogen-bond donors (Lipinski definition) is 2. The maximum absolute atomic E-state index is 11.6. The van der Waals surface area contributed by atoms with E-state index in [9.17, 15) is 4.79 Å². The van der Waals surface area contributed by atoms with Crippen LogP contribution in [0.4, 0.5) is 0 Å². The lowest BCUT2D eigenvalue weighted by Crippen LogP contribution is -2.33. The summed E-state index contributed by atoms with van der Waals surface area (Å²) in [6.07, 6.45) is 0. The fraction of sp³-hybridized carbons (Fsp3) is 0.125. The lowest BCUT2D eigenvalue weighted by Gasteiger charge is -2.16. The van der Waals surface area contributed by atoms with Crippen LogP contribution in [0.3, 0.4) is 0 Å². The molecule has 1 unspecified atom stereocenters. The monoisotopic (exact) mass is 265 g/mol. The van der Waals surface area contributed by atoms with Gasteiger partial charge in [0, 0.05) is 6.54 Å². The number of amides is 1. The van der Waals surface area contributed by atoms with E-state index in [4.69, 9.17) is 11.0 Å². The maximum atomic E-state index is 11.6. The van der Waals surface area contributed by atoms with E-state index in [-0.39, 0.29) is 0 Å². The first kappa shape index (κ1) is 13.8. The Morgan fingerprint density at radius 3 is 2.35 bits per heavy atom. The van der Waals surface area contributed by atoms with Gasteiger partial charge in [0.2, 0.25) is 5.91 Å². The zero-order valence-electron chi connectivity index (χ0n) is 10.9. The first-order chi connectivity index (χ1) is 9.70. The van der Waals surface area contributed by atoms with Crippen molar-refractivity contribution in [3.63, 3.8) is 0 Å². The molecule has 4 heteroatoms. The summed E-state index contributed by atoms with van der Waals surface area (Å²) in [5, 5.41) is 11.9. The summed E-state index contributed by atoms with van der Waals surface area (Å²) in [6.45, 7) is 0.550. The molecule has 0 heterocycles. The predicted octanol–water partition coefficient (Wildman–Crippen LogP) is 1.87. The van der Waals surface area contributed by atoms with Crippen molar-refractivity contribution >= 4 is 5.91 Å². The summed E-state index contributed by atoms with van der Waals surface area (Å²) in [5.41, 5.74) is 7.83. The Hall–Kier alpha value is -2.64. The zero-order chi connectivity index (χ0) is 14.4. The summed E-state index contributed by atoms with van der Waals surface area (Å²) in [4.78, 5) is 11.6. The van der Waals surface area contributed by atoms with E-state index in [0.717, 1.165) is 11.1 Å². The number of nitrogens with zero attached hydrogens (tertiary/aromatic N) is 1. The van der Waals surface area contributed by atoms with Gasteiger partial charge < -0.3 is 5.73 Å². The number of nitrogens with two attached hydrogens (primary N) is 1. The van der Waals surface area contributed by atoms with Gasteiger partial charge in [0.25, 0.3) is 0 Å². The topological polar surface area (TPSA) is 78.9 Å². The van der Waals surface area contributed by atoms with Crippen molar-refractivity contribution in [3.8, 4) is 6.07 Å². The van der Waals surface area contributed by atoms with E-state index < -0.39 is 11.9 Å². The highest BCUT2D eigenvalue weighted by Gasteiger charge is 2.16. The molecule has 0 saturated heterocycles. The van der Waals surface area contributed by atoms with Gasteiger partial charge in [-0.2, -0.15) is 5.26 Å². The van der Waals surface area contributed by atoms with Crippen LogP contribution in [0.5, 0.6) is 0 Å². The van der Waals surface area contributed by atoms with Crippen LogP contribution in [0.2, 0.25) is 0 Å². The van der Waals surface area contributed by atoms with Gasteiger partial charge in [-0.05, 0) is 23.3 Å². The zero-order valence-corrected chi connectivity index (χ0v) is 10.9. The van der Waals surface area contributed by atoms with Crippen LogP contribution in [0.1, 0.15) is 22.7 Å². The minimum Gasteiger partial charge on any atom is -0.368 e. The molecule has 2 aromatic rings. The van der Waals surface area contributed by atoms with Crippen LogP contribution < -0.4 is 11.1 Å². The number of carbonyl (C=O) groups excluding carboxylic acids is 1. The van der Waals surface area contributed by atoms with Gasteiger partial charge in [-0.15, -0.1) is 0 Å². The lowest BCUT2D eigenvalue weighted by atomic mass is 10.0. The molecule has 0 aliphatic rings. The van der Waals surface area contributed by atoms with Crippen LogP contribution in [-0.4, -0.2) is 5.91 Å². The van der Waals surface area contributed by atoms with Crippen molar-refractivity contribution in [1.29, 1.82) is 5.26 Å². The largest absolute Gasteiger partial charge is 0.368 e. The Balaban J connectivity index is 2.11. The van der Waals surface area contributed by atoms with E-state index in [1.54, 1.807) is 24.3 Å². The van der Waals surface area contributed by atoms with Gasteiger partial charge in [0.1, 0.15) is 6.04 Å². The van der Waals surface area contributed by atoms with Crippen LogP contribution >= 0.6 is 0 Å². The molecule has 2 aromatic carbocycles. The Morgan fingerprint density at radius 2 is 1.80 bits per heavy atom. The number of rotatable bonds is 5. The Labute approximate surface area is 117 Å². The molecule has 100 valence electrons. The van der Waals surface area contributed by atoms with Crippen molar-refractivity contribution in [2.75, 3.05) is 0 Å². The number of hydrogen-bond acceptors (Lipinski definition) is 3. The van der Waals surface area contributed by atoms with Gasteiger partial charge >= 0.3 is 0 Å². The molecule has 3 N–H and O–H groups in total. The predicted molar refractivity (Wildman–Crippen MR) is 76.4 cm³/mol. The van der Waals surface area contributed by atoms with Gasteiger partial charge in [0.15, 0.2) is 0 Å². The quantitative estimate of drug-likeness (QED) is 0.866. The average molecular weight is 265 g/mol. The second-order valence-corrected chi connectivity index (χ2v) is 4.44. The highest BCUT2D eigenvalue weighted by atomic mass is 16.1. The number of primary amides is 1. The summed E-state index contributed by atoms with van der Waals surface area (Å²) in [7, 11) is 0. The lowest BCUT2D eigenvalue weighted by molar-refractivity contribution is -0.120. The molecular weight excluding hydrogens is 250 g/mol. The van der Waals surface area contributed by atoms with Crippen LogP contribution in [0.15, 0.2) is 54.6 Å². The average Bonchev–Trinajstić information content (AvgIpc) is 2.49. The van der Waals surface area contributed by atoms with E-state index in [1.807, 2.05) is 36.4 Å². The van der Waals surface area contributed by atoms with Gasteiger partial charge in [-0.1, -0.05) is 42.5 Å². The second-order valence-electron chi connectivity index (χ2n) is 4.44. The first-order valence-corrected chi connectivity index (χ1v) is 6.27. The van der Waals surface area contributed by atoms with Crippen LogP contribution in [0.25, 0.3) is 0 Å². The molecule has 1 atom stereocenters. The molecule has 0 bridgehead atoms. The fourth-order valence-corrected chi connectivity index (χ4v) is 1.95. The summed E-state index contributed by atoms with van der Waals surface area (Å²) >= 11 is 0. The summed E-state index contributed by atoms with van der Waals surface area (Å²) < 4.78 is 0. The van der Waals surface area contributed by atoms with Gasteiger partial charge in [-0.25, -0.2) is 0 Å². The third-order valence-electron chi connectivity index (χ3n) is 3.01. The normalized spacial score (nSPS) is 11.6. The highest BCUT2D eigenvalue weighted by Crippen LogP contribution is 2.14. The Bertz CT molecular complexity index is 614. The molecule has 0 radical (unpaired) electrons. The first-order valence-electron chi connectivity index (χ1n) is 6.27. The Morgan fingerprint density at radius 1 is 1.15 bits per heavy atom. The van der Waals surface area contributed by atoms with Crippen molar-refractivity contribution in [2.45, 2.75) is 12.6 Å². The third-order valence-corrected chi connectivity index (χ3v) is 3.01. The van der Waals surface area contributed by atoms with E-state index >= 15 is 0 Å². The summed E-state index contributed by atoms with van der Waals surface area (Å²) in [6, 6.07) is 18.1. The van der Waals surface area contributed by atoms with E-state index in [2.05, 4.69) is 5.32 Å². The fourth-order valence-electron chi connectivity index (χ4n) is 1.95. The number of benzene rings is 2. The van der Waals surface area contributed by atoms with Crippen LogP contribution in [-0.2, 0) is 11.3 Å². The molecule has 1 amide bonds. The SMILES string of the molecule is N#Cc1ccc(C(NCc2ccccc2)C(N)=O)cc1. The third kappa shape index (κ3) is 3.44. The van der Waals surface area contributed by atoms with Crippen molar-refractivity contribution in [1.82, 2.24) is 5.32 Å². The number of nitriles is 1. The Kier molecular flexibility index (Phi) is 4.48.